The molecule has 1 aliphatic rings. The van der Waals surface area contributed by atoms with Crippen molar-refractivity contribution in [1.82, 2.24) is 10.6 Å². The van der Waals surface area contributed by atoms with Crippen LogP contribution in [-0.2, 0) is 41.5 Å². The second-order valence-electron chi connectivity index (χ2n) is 12.5. The average Bonchev–Trinajstić information content (AvgIpc) is 2.98. The minimum absolute atomic E-state index is 0.00106. The molecule has 3 rings (SSSR count). The Bertz CT molecular complexity index is 1200. The number of benzene rings is 2. The van der Waals surface area contributed by atoms with E-state index in [1.807, 2.05) is 60.7 Å². The normalized spacial score (nSPS) is 18.8. The molecule has 2 aromatic carbocycles. The summed E-state index contributed by atoms with van der Waals surface area (Å²) in [6.07, 6.45) is 2.44. The topological polar surface area (TPSA) is 129 Å². The highest BCUT2D eigenvalue weighted by Gasteiger charge is 2.42. The van der Waals surface area contributed by atoms with E-state index < -0.39 is 12.2 Å². The molecule has 0 heterocycles. The van der Waals surface area contributed by atoms with Gasteiger partial charge in [-0.1, -0.05) is 81.4 Å². The zero-order valence-electron chi connectivity index (χ0n) is 26.1. The lowest BCUT2D eigenvalue weighted by Gasteiger charge is -2.46. The van der Waals surface area contributed by atoms with Crippen molar-refractivity contribution >= 4 is 24.1 Å². The van der Waals surface area contributed by atoms with Gasteiger partial charge in [-0.15, -0.1) is 0 Å². The maximum Gasteiger partial charge on any atom is 0.407 e. The zero-order valence-corrected chi connectivity index (χ0v) is 26.1. The molecular formula is C34H46N2O8. The maximum absolute atomic E-state index is 12.6. The highest BCUT2D eigenvalue weighted by Crippen LogP contribution is 2.49. The lowest BCUT2D eigenvalue weighted by atomic mass is 9.60. The van der Waals surface area contributed by atoms with Gasteiger partial charge in [-0.25, -0.2) is 9.59 Å². The first-order valence-corrected chi connectivity index (χ1v) is 15.2. The van der Waals surface area contributed by atoms with Gasteiger partial charge in [0.2, 0.25) is 0 Å². The Morgan fingerprint density at radius 2 is 1.25 bits per heavy atom. The van der Waals surface area contributed by atoms with E-state index in [-0.39, 0.29) is 68.0 Å². The van der Waals surface area contributed by atoms with Crippen LogP contribution in [-0.4, -0.2) is 57.1 Å². The summed E-state index contributed by atoms with van der Waals surface area (Å²) in [5, 5.41) is 5.50. The molecule has 1 fully saturated rings. The molecule has 0 saturated heterocycles. The third kappa shape index (κ3) is 13.5. The van der Waals surface area contributed by atoms with Gasteiger partial charge in [0.15, 0.2) is 0 Å². The Balaban J connectivity index is 1.29. The quantitative estimate of drug-likeness (QED) is 0.152. The Hall–Kier alpha value is -4.08. The van der Waals surface area contributed by atoms with Crippen molar-refractivity contribution in [2.75, 3.05) is 33.0 Å². The molecule has 44 heavy (non-hydrogen) atoms. The summed E-state index contributed by atoms with van der Waals surface area (Å²) >= 11 is 0. The fourth-order valence-electron chi connectivity index (χ4n) is 6.12. The number of hydrogen-bond acceptors (Lipinski definition) is 8. The van der Waals surface area contributed by atoms with Crippen LogP contribution in [0.3, 0.4) is 0 Å². The minimum atomic E-state index is -0.571. The van der Waals surface area contributed by atoms with Gasteiger partial charge in [0.25, 0.3) is 0 Å². The smallest absolute Gasteiger partial charge is 0.407 e. The second kappa shape index (κ2) is 17.3. The molecule has 2 N–H and O–H groups in total. The molecule has 1 saturated carbocycles. The van der Waals surface area contributed by atoms with Crippen LogP contribution in [0.2, 0.25) is 0 Å². The van der Waals surface area contributed by atoms with Gasteiger partial charge in [-0.2, -0.15) is 0 Å². The molecule has 240 valence electrons. The van der Waals surface area contributed by atoms with Crippen molar-refractivity contribution in [2.24, 2.45) is 16.7 Å². The summed E-state index contributed by atoms with van der Waals surface area (Å²) in [4.78, 5) is 48.7. The van der Waals surface area contributed by atoms with Gasteiger partial charge in [0.1, 0.15) is 26.4 Å². The Kier molecular flexibility index (Phi) is 13.5. The van der Waals surface area contributed by atoms with Crippen molar-refractivity contribution in [3.8, 4) is 0 Å². The zero-order chi connectivity index (χ0) is 31.8. The third-order valence-corrected chi connectivity index (χ3v) is 7.54. The summed E-state index contributed by atoms with van der Waals surface area (Å²) in [7, 11) is 0. The molecule has 0 spiro atoms. The summed E-state index contributed by atoms with van der Waals surface area (Å²) in [6.45, 7) is 7.10. The number of esters is 2. The van der Waals surface area contributed by atoms with Crippen LogP contribution in [0.4, 0.5) is 9.59 Å². The van der Waals surface area contributed by atoms with Crippen LogP contribution in [0.5, 0.6) is 0 Å². The number of carbonyl (C=O) groups excluding carboxylic acids is 4. The number of hydrogen-bond donors (Lipinski definition) is 2. The van der Waals surface area contributed by atoms with Crippen molar-refractivity contribution in [3.63, 3.8) is 0 Å². The van der Waals surface area contributed by atoms with Gasteiger partial charge in [-0.05, 0) is 53.6 Å². The maximum atomic E-state index is 12.6. The van der Waals surface area contributed by atoms with Gasteiger partial charge < -0.3 is 29.6 Å². The molecule has 0 aliphatic heterocycles. The van der Waals surface area contributed by atoms with Gasteiger partial charge in [0, 0.05) is 25.9 Å². The molecule has 2 aromatic rings. The van der Waals surface area contributed by atoms with E-state index >= 15 is 0 Å². The summed E-state index contributed by atoms with van der Waals surface area (Å²) in [5.74, 6) is -0.593. The molecule has 2 atom stereocenters. The Morgan fingerprint density at radius 3 is 1.89 bits per heavy atom. The van der Waals surface area contributed by atoms with Crippen molar-refractivity contribution in [1.29, 1.82) is 0 Å². The summed E-state index contributed by atoms with van der Waals surface area (Å²) < 4.78 is 20.8. The number of nitrogens with one attached hydrogen (secondary N) is 2. The van der Waals surface area contributed by atoms with Crippen molar-refractivity contribution in [3.05, 3.63) is 71.8 Å². The highest BCUT2D eigenvalue weighted by molar-refractivity contribution is 5.70. The molecule has 2 unspecified atom stereocenters. The standard InChI is InChI=1S/C34H46N2O8/c1-33(2)21-28(20-30(38)42-17-19-43-31(39)35-23-27-12-8-5-9-13-27)22-34(3,24-33)25-36-32(40)44-18-16-41-29(37)15-14-26-10-6-4-7-11-26/h4-13,28H,14-25H2,1-3H3,(H,35,39)(H,36,40). The molecule has 0 radical (unpaired) electrons. The van der Waals surface area contributed by atoms with Gasteiger partial charge in [0.05, 0.1) is 0 Å². The lowest BCUT2D eigenvalue weighted by molar-refractivity contribution is -0.147. The average molecular weight is 611 g/mol. The molecule has 2 amide bonds. The van der Waals surface area contributed by atoms with Crippen molar-refractivity contribution < 1.29 is 38.1 Å². The number of alkyl carbamates (subject to hydrolysis) is 2. The van der Waals surface area contributed by atoms with Crippen molar-refractivity contribution in [2.45, 2.75) is 65.8 Å². The first-order chi connectivity index (χ1) is 21.0. The lowest BCUT2D eigenvalue weighted by Crippen LogP contribution is -2.44. The van der Waals surface area contributed by atoms with Crippen LogP contribution in [0, 0.1) is 16.7 Å². The van der Waals surface area contributed by atoms with E-state index in [1.54, 1.807) is 0 Å². The molecule has 0 aromatic heterocycles. The van der Waals surface area contributed by atoms with Crippen LogP contribution < -0.4 is 10.6 Å². The fraction of sp³-hybridized carbons (Fsp3) is 0.529. The molecule has 10 heteroatoms. The van der Waals surface area contributed by atoms with Gasteiger partial charge >= 0.3 is 24.1 Å². The van der Waals surface area contributed by atoms with E-state index in [4.69, 9.17) is 18.9 Å². The number of ether oxygens (including phenoxy) is 4. The number of carbonyl (C=O) groups is 4. The molecule has 0 bridgehead atoms. The monoisotopic (exact) mass is 610 g/mol. The first-order valence-electron chi connectivity index (χ1n) is 15.2. The number of rotatable bonds is 15. The first kappa shape index (κ1) is 34.4. The van der Waals surface area contributed by atoms with E-state index in [1.165, 1.54) is 0 Å². The number of amides is 2. The van der Waals surface area contributed by atoms with Crippen LogP contribution in [0.1, 0.15) is 64.0 Å². The van der Waals surface area contributed by atoms with Gasteiger partial charge in [-0.3, -0.25) is 9.59 Å². The SMILES string of the molecule is CC1(C)CC(CC(=O)OCCOC(=O)NCc2ccccc2)CC(C)(CNC(=O)OCCOC(=O)CCc2ccccc2)C1. The fourth-order valence-corrected chi connectivity index (χ4v) is 6.12. The Labute approximate surface area is 260 Å². The number of aryl methyl sites for hydroxylation is 1. The minimum Gasteiger partial charge on any atom is -0.462 e. The summed E-state index contributed by atoms with van der Waals surface area (Å²) in [5.41, 5.74) is 1.75. The molecule has 10 nitrogen and oxygen atoms in total. The third-order valence-electron chi connectivity index (χ3n) is 7.54. The predicted octanol–water partition coefficient (Wildman–Crippen LogP) is 5.58. The van der Waals surface area contributed by atoms with Crippen LogP contribution in [0.25, 0.3) is 0 Å². The van der Waals surface area contributed by atoms with E-state index in [0.717, 1.165) is 30.4 Å². The highest BCUT2D eigenvalue weighted by atomic mass is 16.6. The van der Waals surface area contributed by atoms with Crippen LogP contribution >= 0.6 is 0 Å². The van der Waals surface area contributed by atoms with E-state index in [2.05, 4.69) is 31.4 Å². The van der Waals surface area contributed by atoms with E-state index in [9.17, 15) is 19.2 Å². The molecule has 1 aliphatic carbocycles. The molecular weight excluding hydrogens is 564 g/mol. The second-order valence-corrected chi connectivity index (χ2v) is 12.5. The summed E-state index contributed by atoms with van der Waals surface area (Å²) in [6, 6.07) is 19.2. The largest absolute Gasteiger partial charge is 0.462 e. The predicted molar refractivity (Wildman–Crippen MR) is 165 cm³/mol. The van der Waals surface area contributed by atoms with Crippen LogP contribution in [0.15, 0.2) is 60.7 Å². The van der Waals surface area contributed by atoms with E-state index in [0.29, 0.717) is 19.5 Å². The Morgan fingerprint density at radius 1 is 0.705 bits per heavy atom.